The minimum Gasteiger partial charge on any atom is -0.228 e. The van der Waals surface area contributed by atoms with E-state index in [1.165, 1.54) is 28.6 Å². The van der Waals surface area contributed by atoms with Crippen LogP contribution in [0.15, 0.2) is 47.4 Å². The molecule has 0 spiro atoms. The second-order valence-corrected chi connectivity index (χ2v) is 11.1. The first-order chi connectivity index (χ1) is 12.6. The van der Waals surface area contributed by atoms with E-state index in [-0.39, 0.29) is 35.7 Å². The molecule has 3 rings (SSSR count). The quantitative estimate of drug-likeness (QED) is 0.778. The van der Waals surface area contributed by atoms with Gasteiger partial charge in [-0.3, -0.25) is 0 Å². The van der Waals surface area contributed by atoms with Crippen LogP contribution in [-0.2, 0) is 19.9 Å². The average Bonchev–Trinajstić information content (AvgIpc) is 2.76. The fraction of sp³-hybridized carbons (Fsp3) is 0.368. The van der Waals surface area contributed by atoms with Crippen molar-refractivity contribution in [3.63, 3.8) is 0 Å². The van der Waals surface area contributed by atoms with E-state index in [0.29, 0.717) is 0 Å². The number of sulfonamides is 1. The Kier molecular flexibility index (Phi) is 5.42. The van der Waals surface area contributed by atoms with Gasteiger partial charge in [0.2, 0.25) is 10.0 Å². The van der Waals surface area contributed by atoms with Crippen LogP contribution in [0.3, 0.4) is 0 Å². The standard InChI is InChI=1S/C19H22FNO4S2/c1-14-7-8-16(13-15(14)2)27(24,25)21-10-9-19(26(22,23)12-11-21)17-5-3-4-6-18(17)20/h3-8,13,19H,9-12H2,1-2H3. The molecule has 1 aliphatic rings. The molecule has 1 saturated heterocycles. The zero-order chi connectivity index (χ0) is 19.8. The van der Waals surface area contributed by atoms with Crippen molar-refractivity contribution in [2.45, 2.75) is 30.4 Å². The lowest BCUT2D eigenvalue weighted by molar-refractivity contribution is 0.427. The lowest BCUT2D eigenvalue weighted by Crippen LogP contribution is -2.33. The lowest BCUT2D eigenvalue weighted by Gasteiger charge is -2.20. The Morgan fingerprint density at radius 2 is 1.74 bits per heavy atom. The van der Waals surface area contributed by atoms with Crippen molar-refractivity contribution >= 4 is 19.9 Å². The van der Waals surface area contributed by atoms with Gasteiger partial charge in [-0.05, 0) is 49.6 Å². The molecule has 27 heavy (non-hydrogen) atoms. The zero-order valence-electron chi connectivity index (χ0n) is 15.2. The van der Waals surface area contributed by atoms with E-state index in [9.17, 15) is 21.2 Å². The number of nitrogens with zero attached hydrogens (tertiary/aromatic N) is 1. The number of sulfone groups is 1. The molecule has 5 nitrogen and oxygen atoms in total. The number of halogens is 1. The first-order valence-electron chi connectivity index (χ1n) is 8.66. The highest BCUT2D eigenvalue weighted by Crippen LogP contribution is 2.32. The summed E-state index contributed by atoms with van der Waals surface area (Å²) in [6, 6.07) is 10.6. The van der Waals surface area contributed by atoms with Crippen LogP contribution in [0.4, 0.5) is 4.39 Å². The minimum absolute atomic E-state index is 0.0212. The first kappa shape index (κ1) is 20.0. The molecule has 1 atom stereocenters. The van der Waals surface area contributed by atoms with Gasteiger partial charge < -0.3 is 0 Å². The van der Waals surface area contributed by atoms with Crippen LogP contribution in [0.2, 0.25) is 0 Å². The average molecular weight is 412 g/mol. The van der Waals surface area contributed by atoms with Gasteiger partial charge in [0, 0.05) is 18.7 Å². The van der Waals surface area contributed by atoms with Crippen LogP contribution in [0.25, 0.3) is 0 Å². The molecule has 1 aliphatic heterocycles. The van der Waals surface area contributed by atoms with E-state index in [0.717, 1.165) is 11.1 Å². The second-order valence-electron chi connectivity index (χ2n) is 6.82. The summed E-state index contributed by atoms with van der Waals surface area (Å²) in [7, 11) is -7.49. The van der Waals surface area contributed by atoms with Gasteiger partial charge in [-0.2, -0.15) is 4.31 Å². The van der Waals surface area contributed by atoms with E-state index in [1.54, 1.807) is 18.2 Å². The Bertz CT molecular complexity index is 1060. The van der Waals surface area contributed by atoms with Gasteiger partial charge >= 0.3 is 0 Å². The van der Waals surface area contributed by atoms with Crippen molar-refractivity contribution in [3.05, 3.63) is 65.0 Å². The van der Waals surface area contributed by atoms with Gasteiger partial charge in [0.25, 0.3) is 0 Å². The molecule has 1 heterocycles. The molecule has 0 aromatic heterocycles. The van der Waals surface area contributed by atoms with Crippen LogP contribution >= 0.6 is 0 Å². The molecule has 0 bridgehead atoms. The van der Waals surface area contributed by atoms with Crippen molar-refractivity contribution in [2.24, 2.45) is 0 Å². The van der Waals surface area contributed by atoms with Gasteiger partial charge in [0.05, 0.1) is 15.9 Å². The van der Waals surface area contributed by atoms with E-state index in [1.807, 2.05) is 13.8 Å². The molecule has 2 aromatic carbocycles. The van der Waals surface area contributed by atoms with Crippen LogP contribution in [-0.4, -0.2) is 40.0 Å². The third-order valence-corrected chi connectivity index (χ3v) is 9.07. The molecule has 2 aromatic rings. The Balaban J connectivity index is 1.93. The van der Waals surface area contributed by atoms with Crippen LogP contribution in [0.1, 0.15) is 28.4 Å². The zero-order valence-corrected chi connectivity index (χ0v) is 16.9. The normalized spacial score (nSPS) is 20.9. The lowest BCUT2D eigenvalue weighted by atomic mass is 10.1. The first-order valence-corrected chi connectivity index (χ1v) is 11.8. The highest BCUT2D eigenvalue weighted by molar-refractivity contribution is 7.92. The van der Waals surface area contributed by atoms with Crippen molar-refractivity contribution in [2.75, 3.05) is 18.8 Å². The van der Waals surface area contributed by atoms with Crippen molar-refractivity contribution in [1.82, 2.24) is 4.31 Å². The molecule has 0 radical (unpaired) electrons. The highest BCUT2D eigenvalue weighted by atomic mass is 32.2. The third kappa shape index (κ3) is 3.93. The fourth-order valence-corrected chi connectivity index (χ4v) is 6.73. The third-order valence-electron chi connectivity index (χ3n) is 5.07. The number of hydrogen-bond acceptors (Lipinski definition) is 4. The summed E-state index contributed by atoms with van der Waals surface area (Å²) in [5.74, 6) is -0.924. The number of aryl methyl sites for hydroxylation is 2. The number of rotatable bonds is 3. The summed E-state index contributed by atoms with van der Waals surface area (Å²) >= 11 is 0. The van der Waals surface area contributed by atoms with Crippen molar-refractivity contribution < 1.29 is 21.2 Å². The molecule has 1 fully saturated rings. The molecular formula is C19H22FNO4S2. The molecule has 0 aliphatic carbocycles. The van der Waals surface area contributed by atoms with Gasteiger partial charge in [0.1, 0.15) is 5.82 Å². The fourth-order valence-electron chi connectivity index (χ4n) is 3.27. The van der Waals surface area contributed by atoms with Crippen molar-refractivity contribution in [1.29, 1.82) is 0 Å². The van der Waals surface area contributed by atoms with E-state index < -0.39 is 30.9 Å². The van der Waals surface area contributed by atoms with Crippen molar-refractivity contribution in [3.8, 4) is 0 Å². The SMILES string of the molecule is Cc1ccc(S(=O)(=O)N2CCC(c3ccccc3F)S(=O)(=O)CC2)cc1C. The van der Waals surface area contributed by atoms with Gasteiger partial charge in [-0.15, -0.1) is 0 Å². The smallest absolute Gasteiger partial charge is 0.228 e. The maximum atomic E-state index is 14.1. The Morgan fingerprint density at radius 3 is 2.41 bits per heavy atom. The summed E-state index contributed by atoms with van der Waals surface area (Å²) in [6.07, 6.45) is 0.0212. The second kappa shape index (κ2) is 7.33. The monoisotopic (exact) mass is 411 g/mol. The van der Waals surface area contributed by atoms with E-state index in [4.69, 9.17) is 0 Å². The summed E-state index contributed by atoms with van der Waals surface area (Å²) in [5, 5.41) is -1.04. The largest absolute Gasteiger partial charge is 0.243 e. The maximum Gasteiger partial charge on any atom is 0.243 e. The number of hydrogen-bond donors (Lipinski definition) is 0. The topological polar surface area (TPSA) is 71.5 Å². The Morgan fingerprint density at radius 1 is 1.04 bits per heavy atom. The highest BCUT2D eigenvalue weighted by Gasteiger charge is 2.36. The number of benzene rings is 2. The Hall–Kier alpha value is -1.77. The summed E-state index contributed by atoms with van der Waals surface area (Å²) in [6.45, 7) is 3.61. The molecule has 0 amide bonds. The van der Waals surface area contributed by atoms with Gasteiger partial charge in [-0.1, -0.05) is 24.3 Å². The van der Waals surface area contributed by atoms with Gasteiger partial charge in [-0.25, -0.2) is 21.2 Å². The summed E-state index contributed by atoms with van der Waals surface area (Å²) in [5.41, 5.74) is 1.93. The predicted molar refractivity (Wildman–Crippen MR) is 102 cm³/mol. The maximum absolute atomic E-state index is 14.1. The molecule has 146 valence electrons. The molecular weight excluding hydrogens is 389 g/mol. The molecule has 8 heteroatoms. The summed E-state index contributed by atoms with van der Waals surface area (Å²) in [4.78, 5) is 0.146. The summed E-state index contributed by atoms with van der Waals surface area (Å²) < 4.78 is 66.6. The van der Waals surface area contributed by atoms with Crippen LogP contribution < -0.4 is 0 Å². The predicted octanol–water partition coefficient (Wildman–Crippen LogP) is 2.99. The van der Waals surface area contributed by atoms with Crippen LogP contribution in [0, 0.1) is 19.7 Å². The van der Waals surface area contributed by atoms with E-state index >= 15 is 0 Å². The van der Waals surface area contributed by atoms with Gasteiger partial charge in [0.15, 0.2) is 9.84 Å². The van der Waals surface area contributed by atoms with Crippen LogP contribution in [0.5, 0.6) is 0 Å². The molecule has 0 saturated carbocycles. The minimum atomic E-state index is -3.82. The Labute approximate surface area is 159 Å². The molecule has 0 N–H and O–H groups in total. The molecule has 1 unspecified atom stereocenters. The van der Waals surface area contributed by atoms with E-state index in [2.05, 4.69) is 0 Å².